The van der Waals surface area contributed by atoms with E-state index in [2.05, 4.69) is 56.4 Å². The maximum Gasteiger partial charge on any atom is 0.0216 e. The zero-order chi connectivity index (χ0) is 12.7. The van der Waals surface area contributed by atoms with Crippen LogP contribution in [0.1, 0.15) is 18.1 Å². The molecule has 1 aromatic rings. The van der Waals surface area contributed by atoms with Crippen molar-refractivity contribution in [2.24, 2.45) is 0 Å². The topological polar surface area (TPSA) is 15.3 Å². The highest BCUT2D eigenvalue weighted by Crippen LogP contribution is 2.23. The van der Waals surface area contributed by atoms with Gasteiger partial charge in [0.15, 0.2) is 0 Å². The van der Waals surface area contributed by atoms with Gasteiger partial charge >= 0.3 is 0 Å². The van der Waals surface area contributed by atoms with Crippen molar-refractivity contribution in [1.29, 1.82) is 0 Å². The lowest BCUT2D eigenvalue weighted by molar-refractivity contribution is 0.437. The van der Waals surface area contributed by atoms with E-state index in [1.54, 1.807) is 0 Å². The molecule has 0 aliphatic heterocycles. The molecule has 2 nitrogen and oxygen atoms in total. The van der Waals surface area contributed by atoms with Gasteiger partial charge in [-0.15, -0.1) is 11.8 Å². The standard InChI is InChI=1S/C14H24N2S/c1-5-15-11-13-10-12(2)6-7-14(13)17-9-8-16(3)4/h6-7,10,15H,5,8-9,11H2,1-4H3. The van der Waals surface area contributed by atoms with Crippen LogP contribution in [0.4, 0.5) is 0 Å². The molecule has 0 radical (unpaired) electrons. The minimum absolute atomic E-state index is 0.975. The fourth-order valence-electron chi connectivity index (χ4n) is 1.59. The van der Waals surface area contributed by atoms with Crippen LogP contribution in [-0.4, -0.2) is 37.8 Å². The monoisotopic (exact) mass is 252 g/mol. The van der Waals surface area contributed by atoms with Crippen molar-refractivity contribution >= 4 is 11.8 Å². The summed E-state index contributed by atoms with van der Waals surface area (Å²) in [5.41, 5.74) is 2.77. The number of nitrogens with zero attached hydrogens (tertiary/aromatic N) is 1. The molecule has 1 N–H and O–H groups in total. The van der Waals surface area contributed by atoms with E-state index in [1.165, 1.54) is 16.0 Å². The third-order valence-electron chi connectivity index (χ3n) is 2.58. The summed E-state index contributed by atoms with van der Waals surface area (Å²) in [6, 6.07) is 6.75. The number of hydrogen-bond donors (Lipinski definition) is 1. The number of nitrogens with one attached hydrogen (secondary N) is 1. The lowest BCUT2D eigenvalue weighted by Crippen LogP contribution is -2.15. The lowest BCUT2D eigenvalue weighted by atomic mass is 10.1. The van der Waals surface area contributed by atoms with Gasteiger partial charge in [-0.25, -0.2) is 0 Å². The van der Waals surface area contributed by atoms with Crippen LogP contribution < -0.4 is 5.32 Å². The molecular formula is C14H24N2S. The second-order valence-electron chi connectivity index (χ2n) is 4.54. The van der Waals surface area contributed by atoms with Gasteiger partial charge in [-0.3, -0.25) is 0 Å². The molecule has 0 aliphatic carbocycles. The maximum absolute atomic E-state index is 3.41. The Kier molecular flexibility index (Phi) is 6.63. The van der Waals surface area contributed by atoms with Crippen LogP contribution in [0.25, 0.3) is 0 Å². The highest BCUT2D eigenvalue weighted by atomic mass is 32.2. The lowest BCUT2D eigenvalue weighted by Gasteiger charge is -2.13. The minimum Gasteiger partial charge on any atom is -0.313 e. The van der Waals surface area contributed by atoms with Gasteiger partial charge in [0.1, 0.15) is 0 Å². The Balaban J connectivity index is 2.62. The Morgan fingerprint density at radius 1 is 1.29 bits per heavy atom. The molecule has 0 heterocycles. The van der Waals surface area contributed by atoms with Gasteiger partial charge in [0.25, 0.3) is 0 Å². The largest absolute Gasteiger partial charge is 0.313 e. The third-order valence-corrected chi connectivity index (χ3v) is 3.67. The smallest absolute Gasteiger partial charge is 0.0216 e. The molecule has 0 aromatic heterocycles. The molecule has 0 amide bonds. The Bertz CT molecular complexity index is 337. The molecule has 96 valence electrons. The zero-order valence-electron chi connectivity index (χ0n) is 11.4. The van der Waals surface area contributed by atoms with Crippen molar-refractivity contribution in [2.45, 2.75) is 25.3 Å². The van der Waals surface area contributed by atoms with Gasteiger partial charge < -0.3 is 10.2 Å². The molecule has 0 saturated heterocycles. The molecule has 1 rings (SSSR count). The summed E-state index contributed by atoms with van der Waals surface area (Å²) in [6.07, 6.45) is 0. The molecule has 0 saturated carbocycles. The molecule has 1 aromatic carbocycles. The van der Waals surface area contributed by atoms with Crippen LogP contribution in [0.2, 0.25) is 0 Å². The van der Waals surface area contributed by atoms with Crippen LogP contribution >= 0.6 is 11.8 Å². The average Bonchev–Trinajstić information content (AvgIpc) is 2.28. The normalized spacial score (nSPS) is 11.1. The summed E-state index contributed by atoms with van der Waals surface area (Å²) in [4.78, 5) is 3.64. The first-order valence-corrected chi connectivity index (χ1v) is 7.19. The fraction of sp³-hybridized carbons (Fsp3) is 0.571. The SMILES string of the molecule is CCNCc1cc(C)ccc1SCCN(C)C. The predicted octanol–water partition coefficient (Wildman–Crippen LogP) is 2.76. The van der Waals surface area contributed by atoms with Gasteiger partial charge in [-0.1, -0.05) is 24.6 Å². The highest BCUT2D eigenvalue weighted by molar-refractivity contribution is 7.99. The second kappa shape index (κ2) is 7.75. The summed E-state index contributed by atoms with van der Waals surface area (Å²) in [6.45, 7) is 7.43. The van der Waals surface area contributed by atoms with Crippen molar-refractivity contribution < 1.29 is 0 Å². The van der Waals surface area contributed by atoms with E-state index in [1.807, 2.05) is 11.8 Å². The number of thioether (sulfide) groups is 1. The molecule has 0 unspecified atom stereocenters. The summed E-state index contributed by atoms with van der Waals surface area (Å²) >= 11 is 1.95. The third kappa shape index (κ3) is 5.57. The van der Waals surface area contributed by atoms with E-state index in [9.17, 15) is 0 Å². The first-order valence-electron chi connectivity index (χ1n) is 6.21. The fourth-order valence-corrected chi connectivity index (χ4v) is 2.74. The number of rotatable bonds is 7. The van der Waals surface area contributed by atoms with Crippen LogP contribution in [0, 0.1) is 6.92 Å². The maximum atomic E-state index is 3.41. The van der Waals surface area contributed by atoms with Gasteiger partial charge in [0, 0.05) is 23.7 Å². The van der Waals surface area contributed by atoms with Crippen molar-refractivity contribution in [3.05, 3.63) is 29.3 Å². The molecule has 0 atom stereocenters. The molecular weight excluding hydrogens is 228 g/mol. The summed E-state index contributed by atoms with van der Waals surface area (Å²) in [5.74, 6) is 1.15. The van der Waals surface area contributed by atoms with Crippen molar-refractivity contribution in [3.8, 4) is 0 Å². The van der Waals surface area contributed by atoms with E-state index in [4.69, 9.17) is 0 Å². The van der Waals surface area contributed by atoms with E-state index >= 15 is 0 Å². The van der Waals surface area contributed by atoms with Crippen molar-refractivity contribution in [2.75, 3.05) is 32.9 Å². The van der Waals surface area contributed by atoms with Gasteiger partial charge in [-0.05, 0) is 39.2 Å². The van der Waals surface area contributed by atoms with Gasteiger partial charge in [-0.2, -0.15) is 0 Å². The molecule has 0 fully saturated rings. The predicted molar refractivity (Wildman–Crippen MR) is 77.8 cm³/mol. The van der Waals surface area contributed by atoms with Crippen LogP contribution in [-0.2, 0) is 6.54 Å². The molecule has 0 spiro atoms. The van der Waals surface area contributed by atoms with E-state index in [0.29, 0.717) is 0 Å². The van der Waals surface area contributed by atoms with E-state index in [-0.39, 0.29) is 0 Å². The Hall–Kier alpha value is -0.510. The average molecular weight is 252 g/mol. The van der Waals surface area contributed by atoms with Crippen molar-refractivity contribution in [3.63, 3.8) is 0 Å². The van der Waals surface area contributed by atoms with Crippen LogP contribution in [0.15, 0.2) is 23.1 Å². The van der Waals surface area contributed by atoms with E-state index < -0.39 is 0 Å². The Morgan fingerprint density at radius 3 is 2.71 bits per heavy atom. The summed E-state index contributed by atoms with van der Waals surface area (Å²) in [5, 5.41) is 3.41. The van der Waals surface area contributed by atoms with Gasteiger partial charge in [0.05, 0.1) is 0 Å². The molecule has 0 bridgehead atoms. The minimum atomic E-state index is 0.975. The van der Waals surface area contributed by atoms with Gasteiger partial charge in [0.2, 0.25) is 0 Å². The Morgan fingerprint density at radius 2 is 2.06 bits per heavy atom. The number of aryl methyl sites for hydroxylation is 1. The summed E-state index contributed by atoms with van der Waals surface area (Å²) in [7, 11) is 4.24. The second-order valence-corrected chi connectivity index (χ2v) is 5.68. The van der Waals surface area contributed by atoms with Crippen LogP contribution in [0.5, 0.6) is 0 Å². The quantitative estimate of drug-likeness (QED) is 0.751. The molecule has 3 heteroatoms. The molecule has 17 heavy (non-hydrogen) atoms. The number of hydrogen-bond acceptors (Lipinski definition) is 3. The Labute approximate surface area is 110 Å². The van der Waals surface area contributed by atoms with Crippen molar-refractivity contribution in [1.82, 2.24) is 10.2 Å². The highest BCUT2D eigenvalue weighted by Gasteiger charge is 2.03. The number of benzene rings is 1. The first kappa shape index (κ1) is 14.6. The first-order chi connectivity index (χ1) is 8.13. The van der Waals surface area contributed by atoms with Crippen LogP contribution in [0.3, 0.4) is 0 Å². The molecule has 0 aliphatic rings. The van der Waals surface area contributed by atoms with E-state index in [0.717, 1.165) is 25.4 Å². The summed E-state index contributed by atoms with van der Waals surface area (Å²) < 4.78 is 0. The zero-order valence-corrected chi connectivity index (χ0v) is 12.2.